The Morgan fingerprint density at radius 1 is 1.40 bits per heavy atom. The van der Waals surface area contributed by atoms with Gasteiger partial charge >= 0.3 is 0 Å². The van der Waals surface area contributed by atoms with Crippen LogP contribution in [0.4, 0.5) is 0 Å². The molecular formula is C8H18O2. The fraction of sp³-hybridized carbons (Fsp3) is 1.00. The van der Waals surface area contributed by atoms with E-state index in [0.29, 0.717) is 6.61 Å². The Bertz CT molecular complexity index is 75.3. The summed E-state index contributed by atoms with van der Waals surface area (Å²) in [4.78, 5) is 4.15. The molecule has 0 amide bonds. The highest BCUT2D eigenvalue weighted by Gasteiger charge is 2.20. The van der Waals surface area contributed by atoms with Crippen LogP contribution in [0.2, 0.25) is 0 Å². The summed E-state index contributed by atoms with van der Waals surface area (Å²) in [5.41, 5.74) is 0.170. The first-order chi connectivity index (χ1) is 4.68. The van der Waals surface area contributed by atoms with Crippen LogP contribution in [0.15, 0.2) is 0 Å². The van der Waals surface area contributed by atoms with Gasteiger partial charge in [0.2, 0.25) is 0 Å². The molecule has 0 radical (unpaired) electrons. The first kappa shape index (κ1) is 9.92. The van der Waals surface area contributed by atoms with Gasteiger partial charge in [-0.1, -0.05) is 27.2 Å². The van der Waals surface area contributed by atoms with Crippen molar-refractivity contribution >= 4 is 0 Å². The van der Waals surface area contributed by atoms with Crippen LogP contribution in [0.3, 0.4) is 0 Å². The zero-order valence-corrected chi connectivity index (χ0v) is 7.18. The molecule has 1 N–H and O–H groups in total. The molecule has 0 saturated heterocycles. The van der Waals surface area contributed by atoms with Crippen molar-refractivity contribution in [1.82, 2.24) is 0 Å². The predicted molar refractivity (Wildman–Crippen MR) is 41.9 cm³/mol. The molecule has 62 valence electrons. The second-order valence-corrected chi connectivity index (χ2v) is 3.19. The molecule has 0 spiro atoms. The van der Waals surface area contributed by atoms with Crippen LogP contribution in [-0.4, -0.2) is 11.9 Å². The average molecular weight is 146 g/mol. The van der Waals surface area contributed by atoms with E-state index in [4.69, 9.17) is 5.26 Å². The first-order valence-electron chi connectivity index (χ1n) is 3.95. The van der Waals surface area contributed by atoms with Gasteiger partial charge in [-0.2, -0.15) is 0 Å². The van der Waals surface area contributed by atoms with Gasteiger partial charge < -0.3 is 0 Å². The standard InChI is InChI=1S/C8H18O2/c1-4-6-8(3,5-2)7-10-9/h9H,4-7H2,1-3H3. The lowest BCUT2D eigenvalue weighted by molar-refractivity contribution is -0.262. The molecule has 10 heavy (non-hydrogen) atoms. The normalized spacial score (nSPS) is 16.8. The second kappa shape index (κ2) is 4.69. The minimum Gasteiger partial charge on any atom is -0.252 e. The molecule has 0 fully saturated rings. The Hall–Kier alpha value is -0.0800. The molecule has 0 bridgehead atoms. The Morgan fingerprint density at radius 2 is 2.00 bits per heavy atom. The van der Waals surface area contributed by atoms with Gasteiger partial charge in [-0.25, -0.2) is 4.89 Å². The quantitative estimate of drug-likeness (QED) is 0.477. The lowest BCUT2D eigenvalue weighted by Crippen LogP contribution is -2.21. The zero-order valence-electron chi connectivity index (χ0n) is 7.18. The zero-order chi connectivity index (χ0) is 8.04. The topological polar surface area (TPSA) is 29.5 Å². The molecule has 0 aliphatic carbocycles. The molecule has 0 aliphatic rings. The Morgan fingerprint density at radius 3 is 2.30 bits per heavy atom. The summed E-state index contributed by atoms with van der Waals surface area (Å²) in [5.74, 6) is 0. The molecule has 0 heterocycles. The van der Waals surface area contributed by atoms with E-state index in [9.17, 15) is 0 Å². The fourth-order valence-electron chi connectivity index (χ4n) is 1.11. The summed E-state index contributed by atoms with van der Waals surface area (Å²) in [5, 5.41) is 8.26. The minimum absolute atomic E-state index is 0.170. The number of hydrogen-bond acceptors (Lipinski definition) is 2. The molecule has 1 atom stereocenters. The van der Waals surface area contributed by atoms with Crippen LogP contribution >= 0.6 is 0 Å². The van der Waals surface area contributed by atoms with Crippen molar-refractivity contribution in [3.05, 3.63) is 0 Å². The summed E-state index contributed by atoms with van der Waals surface area (Å²) in [7, 11) is 0. The first-order valence-corrected chi connectivity index (χ1v) is 3.95. The molecule has 0 aromatic heterocycles. The van der Waals surface area contributed by atoms with Crippen LogP contribution in [0.1, 0.15) is 40.0 Å². The third-order valence-electron chi connectivity index (χ3n) is 2.12. The number of hydrogen-bond donors (Lipinski definition) is 1. The lowest BCUT2D eigenvalue weighted by atomic mass is 9.84. The molecule has 1 unspecified atom stereocenters. The Kier molecular flexibility index (Phi) is 4.65. The molecule has 0 rings (SSSR count). The summed E-state index contributed by atoms with van der Waals surface area (Å²) in [6.45, 7) is 6.85. The Balaban J connectivity index is 3.69. The van der Waals surface area contributed by atoms with Gasteiger partial charge in [0.15, 0.2) is 0 Å². The predicted octanol–water partition coefficient (Wildman–Crippen LogP) is 2.69. The van der Waals surface area contributed by atoms with Crippen LogP contribution in [0, 0.1) is 5.41 Å². The summed E-state index contributed by atoms with van der Waals surface area (Å²) in [6, 6.07) is 0. The van der Waals surface area contributed by atoms with Gasteiger partial charge in [-0.3, -0.25) is 5.26 Å². The van der Waals surface area contributed by atoms with Crippen LogP contribution in [0.25, 0.3) is 0 Å². The van der Waals surface area contributed by atoms with Crippen LogP contribution in [0.5, 0.6) is 0 Å². The van der Waals surface area contributed by atoms with E-state index < -0.39 is 0 Å². The summed E-state index contributed by atoms with van der Waals surface area (Å²) >= 11 is 0. The minimum atomic E-state index is 0.170. The van der Waals surface area contributed by atoms with Crippen molar-refractivity contribution in [2.45, 2.75) is 40.0 Å². The average Bonchev–Trinajstić information content (AvgIpc) is 1.89. The molecule has 0 aromatic rings. The molecule has 0 aromatic carbocycles. The largest absolute Gasteiger partial charge is 0.252 e. The van der Waals surface area contributed by atoms with Gasteiger partial charge in [0.1, 0.15) is 0 Å². The maximum absolute atomic E-state index is 8.26. The molecule has 0 saturated carbocycles. The highest BCUT2D eigenvalue weighted by molar-refractivity contribution is 4.70. The maximum Gasteiger partial charge on any atom is 0.0873 e. The highest BCUT2D eigenvalue weighted by Crippen LogP contribution is 2.26. The van der Waals surface area contributed by atoms with Gasteiger partial charge in [0.05, 0.1) is 6.61 Å². The van der Waals surface area contributed by atoms with Crippen molar-refractivity contribution < 1.29 is 10.1 Å². The molecule has 2 nitrogen and oxygen atoms in total. The summed E-state index contributed by atoms with van der Waals surface area (Å²) in [6.07, 6.45) is 3.32. The van der Waals surface area contributed by atoms with Gasteiger partial charge in [-0.05, 0) is 18.3 Å². The van der Waals surface area contributed by atoms with Crippen molar-refractivity contribution in [1.29, 1.82) is 0 Å². The van der Waals surface area contributed by atoms with E-state index in [0.717, 1.165) is 19.3 Å². The molecular weight excluding hydrogens is 128 g/mol. The van der Waals surface area contributed by atoms with Gasteiger partial charge in [0.25, 0.3) is 0 Å². The SMILES string of the molecule is CCCC(C)(CC)COO. The number of rotatable bonds is 5. The van der Waals surface area contributed by atoms with E-state index in [1.54, 1.807) is 0 Å². The van der Waals surface area contributed by atoms with Crippen molar-refractivity contribution in [3.63, 3.8) is 0 Å². The smallest absolute Gasteiger partial charge is 0.0873 e. The van der Waals surface area contributed by atoms with Crippen molar-refractivity contribution in [3.8, 4) is 0 Å². The highest BCUT2D eigenvalue weighted by atomic mass is 17.1. The summed E-state index contributed by atoms with van der Waals surface area (Å²) < 4.78 is 0. The van der Waals surface area contributed by atoms with E-state index >= 15 is 0 Å². The van der Waals surface area contributed by atoms with E-state index in [2.05, 4.69) is 25.7 Å². The van der Waals surface area contributed by atoms with Crippen molar-refractivity contribution in [2.75, 3.05) is 6.61 Å². The van der Waals surface area contributed by atoms with E-state index in [-0.39, 0.29) is 5.41 Å². The van der Waals surface area contributed by atoms with Gasteiger partial charge in [-0.15, -0.1) is 0 Å². The Labute approximate surface area is 63.1 Å². The third kappa shape index (κ3) is 3.18. The maximum atomic E-state index is 8.26. The van der Waals surface area contributed by atoms with E-state index in [1.165, 1.54) is 0 Å². The lowest BCUT2D eigenvalue weighted by Gasteiger charge is -2.25. The van der Waals surface area contributed by atoms with Crippen LogP contribution < -0.4 is 0 Å². The van der Waals surface area contributed by atoms with Crippen LogP contribution in [-0.2, 0) is 4.89 Å². The van der Waals surface area contributed by atoms with E-state index in [1.807, 2.05) is 0 Å². The third-order valence-corrected chi connectivity index (χ3v) is 2.12. The van der Waals surface area contributed by atoms with Gasteiger partial charge in [0, 0.05) is 0 Å². The van der Waals surface area contributed by atoms with Crippen molar-refractivity contribution in [2.24, 2.45) is 5.41 Å². The fourth-order valence-corrected chi connectivity index (χ4v) is 1.11. The molecule has 2 heteroatoms. The monoisotopic (exact) mass is 146 g/mol. The second-order valence-electron chi connectivity index (χ2n) is 3.19. The molecule has 0 aliphatic heterocycles.